The van der Waals surface area contributed by atoms with Crippen molar-refractivity contribution < 1.29 is 78.0 Å². The second kappa shape index (κ2) is 39.0. The maximum Gasteiger partial charge on any atom is 0.326 e. The molecule has 2 saturated heterocycles. The number of phenols is 2. The van der Waals surface area contributed by atoms with Gasteiger partial charge in [-0.1, -0.05) is 88.7 Å². The Bertz CT molecular complexity index is 3120. The number of carbonyl (C=O) groups is 12. The molecule has 0 spiro atoms. The van der Waals surface area contributed by atoms with Gasteiger partial charge in [-0.15, -0.1) is 0 Å². The number of nitrogens with zero attached hydrogens (tertiary/aromatic N) is 2. The fourth-order valence-corrected chi connectivity index (χ4v) is 11.5. The van der Waals surface area contributed by atoms with E-state index in [1.54, 1.807) is 70.2 Å². The van der Waals surface area contributed by atoms with Crippen molar-refractivity contribution in [2.24, 2.45) is 29.0 Å². The lowest BCUT2D eigenvalue weighted by atomic mass is 9.96. The van der Waals surface area contributed by atoms with Gasteiger partial charge in [0.2, 0.25) is 59.1 Å². The van der Waals surface area contributed by atoms with Crippen molar-refractivity contribution in [2.75, 3.05) is 32.7 Å². The van der Waals surface area contributed by atoms with Crippen LogP contribution in [0.3, 0.4) is 0 Å². The minimum Gasteiger partial charge on any atom is -0.508 e. The number of nitrogens with one attached hydrogen (secondary N) is 8. The highest BCUT2D eigenvalue weighted by Crippen LogP contribution is 2.24. The average Bonchev–Trinajstić information content (AvgIpc) is 1.62. The third-order valence-corrected chi connectivity index (χ3v) is 17.2. The molecule has 2 aliphatic heterocycles. The number of carboxylic acid groups (broad SMARTS) is 2. The van der Waals surface area contributed by atoms with E-state index >= 15 is 0 Å². The molecule has 2 heterocycles. The van der Waals surface area contributed by atoms with Crippen LogP contribution in [0.5, 0.6) is 11.5 Å². The molecule has 29 nitrogen and oxygen atoms in total. The Labute approximate surface area is 558 Å². The maximum absolute atomic E-state index is 14.9. The Morgan fingerprint density at radius 3 is 1.50 bits per heavy atom. The number of amides is 10. The van der Waals surface area contributed by atoms with Crippen LogP contribution in [0.2, 0.25) is 0 Å². The molecule has 0 saturated carbocycles. The maximum atomic E-state index is 14.9. The molecule has 0 radical (unpaired) electrons. The van der Waals surface area contributed by atoms with Crippen LogP contribution >= 0.6 is 0 Å². The summed E-state index contributed by atoms with van der Waals surface area (Å²) in [5, 5.41) is 60.6. The number of carbonyl (C=O) groups excluding carboxylic acids is 10. The zero-order chi connectivity index (χ0) is 70.6. The first kappa shape index (κ1) is 77.5. The quantitative estimate of drug-likeness (QED) is 0.0330. The van der Waals surface area contributed by atoms with E-state index in [0.717, 1.165) is 5.56 Å². The molecule has 18 N–H and O–H groups in total. The molecular formula is C67H97N13O16. The number of hydrogen-bond donors (Lipinski definition) is 15. The summed E-state index contributed by atoms with van der Waals surface area (Å²) in [6.07, 6.45) is 2.25. The fraction of sp³-hybridized carbons (Fsp3) is 0.552. The van der Waals surface area contributed by atoms with Gasteiger partial charge in [-0.2, -0.15) is 0 Å². The van der Waals surface area contributed by atoms with E-state index in [4.69, 9.17) is 17.2 Å². The summed E-state index contributed by atoms with van der Waals surface area (Å²) >= 11 is 0. The van der Waals surface area contributed by atoms with Crippen molar-refractivity contribution in [1.82, 2.24) is 52.3 Å². The van der Waals surface area contributed by atoms with E-state index in [9.17, 15) is 78.0 Å². The van der Waals surface area contributed by atoms with Crippen LogP contribution in [0.25, 0.3) is 0 Å². The highest BCUT2D eigenvalue weighted by atomic mass is 16.4. The number of likely N-dealkylation sites (tertiary alicyclic amines) is 2. The Kier molecular flexibility index (Phi) is 31.5. The van der Waals surface area contributed by atoms with Gasteiger partial charge < -0.3 is 90.0 Å². The van der Waals surface area contributed by atoms with E-state index in [1.807, 2.05) is 0 Å². The van der Waals surface area contributed by atoms with E-state index < -0.39 is 156 Å². The Hall–Kier alpha value is -9.22. The lowest BCUT2D eigenvalue weighted by Crippen LogP contribution is -2.61. The summed E-state index contributed by atoms with van der Waals surface area (Å²) in [5.74, 6) is -11.4. The summed E-state index contributed by atoms with van der Waals surface area (Å²) in [4.78, 5) is 168. The van der Waals surface area contributed by atoms with Crippen LogP contribution < -0.4 is 59.7 Å². The SMILES string of the molecule is CC[C@H](C)[C@H](NC(=O)[C@H](CCCCN)NC(=O)[C@@H](NC(=O)[C@H](CCC(=O)O)NC(=O)[C@@H](N)Cc1ccccc1)C(C)C)C(=O)N[C@@H](Cc1ccc(O)cc1)C(=O)N1CCC[C@H]1C(=O)NCC(=O)N[C@@H](CCCCN)C(=O)N1CCC[C@H]1C(=O)N[C@@H](Cc1ccc(O)cc1)C(=O)O. The van der Waals surface area contributed by atoms with Crippen LogP contribution in [0, 0.1) is 11.8 Å². The topological polar surface area (TPSA) is 467 Å². The van der Waals surface area contributed by atoms with Gasteiger partial charge in [0.25, 0.3) is 0 Å². The van der Waals surface area contributed by atoms with Crippen LogP contribution in [-0.2, 0) is 76.8 Å². The van der Waals surface area contributed by atoms with Crippen molar-refractivity contribution in [1.29, 1.82) is 0 Å². The summed E-state index contributed by atoms with van der Waals surface area (Å²) < 4.78 is 0. The first-order valence-electron chi connectivity index (χ1n) is 33.0. The van der Waals surface area contributed by atoms with E-state index in [-0.39, 0.29) is 89.0 Å². The molecule has 3 aromatic carbocycles. The zero-order valence-corrected chi connectivity index (χ0v) is 55.1. The number of aromatic hydroxyl groups is 2. The molecule has 2 aliphatic rings. The third kappa shape index (κ3) is 24.2. The molecule has 96 heavy (non-hydrogen) atoms. The lowest BCUT2D eigenvalue weighted by molar-refractivity contribution is -0.145. The number of phenolic OH excluding ortho intramolecular Hbond substituents is 2. The van der Waals surface area contributed by atoms with E-state index in [1.165, 1.54) is 46.2 Å². The van der Waals surface area contributed by atoms with E-state index in [0.29, 0.717) is 56.1 Å². The third-order valence-electron chi connectivity index (χ3n) is 17.2. The first-order chi connectivity index (χ1) is 45.7. The van der Waals surface area contributed by atoms with E-state index in [2.05, 4.69) is 42.5 Å². The number of nitrogens with two attached hydrogens (primary N) is 3. The Balaban J connectivity index is 1.29. The standard InChI is InChI=1S/C67H97N13O16/c1-5-40(4)57(78-59(87)47(17-9-11-31-68)74-63(91)56(39(2)3)77-60(88)48(29-30-55(84)85)73-58(86)46(70)35-41-15-7-6-8-16-41)64(92)75-50(36-42-21-25-44(81)26-22-42)66(94)79-33-13-19-52(79)61(89)71-38-54(83)72-49(18-10-12-32-69)65(93)80-34-14-20-53(80)62(90)76-51(67(95)96)37-43-23-27-45(82)28-24-43/h6-8,15-16,21-28,39-40,46-53,56-57,81-82H,5,9-14,17-20,29-38,68-70H2,1-4H3,(H,71,89)(H,72,83)(H,73,86)(H,74,91)(H,75,92)(H,76,90)(H,77,88)(H,78,87)(H,84,85)(H,95,96)/t40-,46-,47-,48-,49-,50-,51-,52-,53-,56-,57-/m0/s1. The molecule has 10 amide bonds. The Morgan fingerprint density at radius 1 is 0.510 bits per heavy atom. The predicted molar refractivity (Wildman–Crippen MR) is 352 cm³/mol. The Morgan fingerprint density at radius 2 is 0.979 bits per heavy atom. The molecule has 526 valence electrons. The number of aliphatic carboxylic acids is 2. The number of carboxylic acids is 2. The molecule has 11 atom stereocenters. The molecule has 3 aromatic rings. The summed E-state index contributed by atoms with van der Waals surface area (Å²) in [7, 11) is 0. The van der Waals surface area contributed by atoms with Gasteiger partial charge in [-0.05, 0) is 143 Å². The van der Waals surface area contributed by atoms with Crippen molar-refractivity contribution >= 4 is 71.0 Å². The largest absolute Gasteiger partial charge is 0.508 e. The molecule has 2 fully saturated rings. The monoisotopic (exact) mass is 1340 g/mol. The van der Waals surface area contributed by atoms with Gasteiger partial charge >= 0.3 is 11.9 Å². The molecule has 0 aromatic heterocycles. The fourth-order valence-electron chi connectivity index (χ4n) is 11.5. The smallest absolute Gasteiger partial charge is 0.326 e. The molecule has 0 bridgehead atoms. The number of hydrogen-bond acceptors (Lipinski definition) is 17. The molecule has 0 unspecified atom stereocenters. The van der Waals surface area contributed by atoms with Gasteiger partial charge in [-0.3, -0.25) is 52.7 Å². The molecule has 29 heteroatoms. The summed E-state index contributed by atoms with van der Waals surface area (Å²) in [6.45, 7) is 6.81. The molecule has 0 aliphatic carbocycles. The normalized spacial score (nSPS) is 17.2. The zero-order valence-electron chi connectivity index (χ0n) is 55.1. The lowest BCUT2D eigenvalue weighted by Gasteiger charge is -2.32. The van der Waals surface area contributed by atoms with Crippen molar-refractivity contribution in [3.8, 4) is 11.5 Å². The van der Waals surface area contributed by atoms with Crippen molar-refractivity contribution in [2.45, 2.75) is 191 Å². The van der Waals surface area contributed by atoms with Crippen LogP contribution in [0.1, 0.15) is 128 Å². The highest BCUT2D eigenvalue weighted by Gasteiger charge is 2.42. The number of rotatable bonds is 39. The van der Waals surface area contributed by atoms with Crippen molar-refractivity contribution in [3.63, 3.8) is 0 Å². The minimum absolute atomic E-state index is 0.0218. The molecule has 5 rings (SSSR count). The van der Waals surface area contributed by atoms with Gasteiger partial charge in [-0.25, -0.2) is 4.79 Å². The number of unbranched alkanes of at least 4 members (excludes halogenated alkanes) is 2. The van der Waals surface area contributed by atoms with Gasteiger partial charge in [0.15, 0.2) is 0 Å². The van der Waals surface area contributed by atoms with Crippen molar-refractivity contribution in [3.05, 3.63) is 95.6 Å². The first-order valence-corrected chi connectivity index (χ1v) is 33.0. The van der Waals surface area contributed by atoms with Gasteiger partial charge in [0.05, 0.1) is 12.6 Å². The predicted octanol–water partition coefficient (Wildman–Crippen LogP) is -0.146. The summed E-state index contributed by atoms with van der Waals surface area (Å²) in [6, 6.07) is 7.94. The number of benzene rings is 3. The van der Waals surface area contributed by atoms with Crippen LogP contribution in [0.4, 0.5) is 0 Å². The van der Waals surface area contributed by atoms with Crippen LogP contribution in [-0.4, -0.2) is 194 Å². The summed E-state index contributed by atoms with van der Waals surface area (Å²) in [5.41, 5.74) is 19.6. The van der Waals surface area contributed by atoms with Crippen LogP contribution in [0.15, 0.2) is 78.9 Å². The molecular weight excluding hydrogens is 1240 g/mol. The minimum atomic E-state index is -1.42. The second-order valence-corrected chi connectivity index (χ2v) is 24.9. The van der Waals surface area contributed by atoms with Gasteiger partial charge in [0.1, 0.15) is 65.9 Å². The highest BCUT2D eigenvalue weighted by molar-refractivity contribution is 5.99. The van der Waals surface area contributed by atoms with Gasteiger partial charge in [0, 0.05) is 32.4 Å². The average molecular weight is 1340 g/mol. The second-order valence-electron chi connectivity index (χ2n) is 24.9.